The Morgan fingerprint density at radius 2 is 1.70 bits per heavy atom. The molecule has 0 spiro atoms. The Balaban J connectivity index is 0.00000147. The first kappa shape index (κ1) is 14.9. The highest BCUT2D eigenvalue weighted by molar-refractivity contribution is 6.04. The zero-order chi connectivity index (χ0) is 13.2. The van der Waals surface area contributed by atoms with E-state index in [4.69, 9.17) is 4.42 Å². The van der Waals surface area contributed by atoms with Crippen molar-refractivity contribution in [3.05, 3.63) is 48.0 Å². The topological polar surface area (TPSA) is 16.4 Å². The highest BCUT2D eigenvalue weighted by atomic mass is 35.5. The SMILES string of the molecule is CN(C)CCCc1ccc2oc3ccccc3c2c1.Cl. The molecule has 1 aromatic heterocycles. The molecule has 0 aliphatic rings. The molecule has 0 fully saturated rings. The van der Waals surface area contributed by atoms with Crippen LogP contribution in [0.2, 0.25) is 0 Å². The summed E-state index contributed by atoms with van der Waals surface area (Å²) in [5.74, 6) is 0. The molecule has 0 saturated carbocycles. The lowest BCUT2D eigenvalue weighted by molar-refractivity contribution is 0.400. The number of fused-ring (bicyclic) bond motifs is 3. The van der Waals surface area contributed by atoms with Crippen LogP contribution in [0.5, 0.6) is 0 Å². The summed E-state index contributed by atoms with van der Waals surface area (Å²) in [6.07, 6.45) is 2.31. The summed E-state index contributed by atoms with van der Waals surface area (Å²) in [6.45, 7) is 1.13. The van der Waals surface area contributed by atoms with E-state index in [9.17, 15) is 0 Å². The first-order valence-electron chi connectivity index (χ1n) is 6.79. The molecule has 0 aliphatic carbocycles. The number of hydrogen-bond acceptors (Lipinski definition) is 2. The highest BCUT2D eigenvalue weighted by Crippen LogP contribution is 2.29. The zero-order valence-electron chi connectivity index (χ0n) is 11.9. The lowest BCUT2D eigenvalue weighted by atomic mass is 10.1. The molecular weight excluding hydrogens is 270 g/mol. The van der Waals surface area contributed by atoms with Gasteiger partial charge in [-0.25, -0.2) is 0 Å². The van der Waals surface area contributed by atoms with Crippen molar-refractivity contribution >= 4 is 34.3 Å². The van der Waals surface area contributed by atoms with Crippen LogP contribution in [0.1, 0.15) is 12.0 Å². The summed E-state index contributed by atoms with van der Waals surface area (Å²) in [5, 5.41) is 2.45. The van der Waals surface area contributed by atoms with Gasteiger partial charge in [-0.2, -0.15) is 0 Å². The molecule has 0 bridgehead atoms. The minimum Gasteiger partial charge on any atom is -0.456 e. The summed E-state index contributed by atoms with van der Waals surface area (Å²) >= 11 is 0. The third-order valence-electron chi connectivity index (χ3n) is 3.51. The highest BCUT2D eigenvalue weighted by Gasteiger charge is 2.06. The number of para-hydroxylation sites is 1. The second-order valence-electron chi connectivity index (χ2n) is 5.34. The van der Waals surface area contributed by atoms with E-state index in [1.54, 1.807) is 0 Å². The van der Waals surface area contributed by atoms with Gasteiger partial charge in [0.05, 0.1) is 0 Å². The molecule has 0 atom stereocenters. The van der Waals surface area contributed by atoms with Gasteiger partial charge in [0.2, 0.25) is 0 Å². The smallest absolute Gasteiger partial charge is 0.135 e. The van der Waals surface area contributed by atoms with Crippen LogP contribution in [0.15, 0.2) is 46.9 Å². The van der Waals surface area contributed by atoms with E-state index in [0.717, 1.165) is 24.1 Å². The van der Waals surface area contributed by atoms with Gasteiger partial charge >= 0.3 is 0 Å². The summed E-state index contributed by atoms with van der Waals surface area (Å²) in [6, 6.07) is 14.8. The Labute approximate surface area is 125 Å². The monoisotopic (exact) mass is 289 g/mol. The van der Waals surface area contributed by atoms with Gasteiger partial charge in [0.25, 0.3) is 0 Å². The molecule has 2 nitrogen and oxygen atoms in total. The molecule has 0 amide bonds. The molecule has 3 aromatic rings. The number of rotatable bonds is 4. The summed E-state index contributed by atoms with van der Waals surface area (Å²) in [5.41, 5.74) is 3.35. The van der Waals surface area contributed by atoms with E-state index >= 15 is 0 Å². The number of aryl methyl sites for hydroxylation is 1. The number of furan rings is 1. The van der Waals surface area contributed by atoms with Crippen LogP contribution in [-0.4, -0.2) is 25.5 Å². The maximum Gasteiger partial charge on any atom is 0.135 e. The van der Waals surface area contributed by atoms with Gasteiger partial charge in [-0.3, -0.25) is 0 Å². The van der Waals surface area contributed by atoms with Gasteiger partial charge in [0, 0.05) is 10.8 Å². The predicted molar refractivity (Wildman–Crippen MR) is 87.8 cm³/mol. The van der Waals surface area contributed by atoms with Crippen LogP contribution in [0.4, 0.5) is 0 Å². The standard InChI is InChI=1S/C17H19NO.ClH/c1-18(2)11-5-6-13-9-10-17-15(12-13)14-7-3-4-8-16(14)19-17;/h3-4,7-10,12H,5-6,11H2,1-2H3;1H. The van der Waals surface area contributed by atoms with E-state index in [0.29, 0.717) is 0 Å². The zero-order valence-corrected chi connectivity index (χ0v) is 12.7. The van der Waals surface area contributed by atoms with E-state index in [1.807, 2.05) is 12.1 Å². The average molecular weight is 290 g/mol. The van der Waals surface area contributed by atoms with Gasteiger partial charge in [0.15, 0.2) is 0 Å². The van der Waals surface area contributed by atoms with Crippen LogP contribution < -0.4 is 0 Å². The minimum absolute atomic E-state index is 0. The van der Waals surface area contributed by atoms with E-state index < -0.39 is 0 Å². The molecule has 20 heavy (non-hydrogen) atoms. The molecule has 0 unspecified atom stereocenters. The van der Waals surface area contributed by atoms with Gasteiger partial charge < -0.3 is 9.32 Å². The number of benzene rings is 2. The van der Waals surface area contributed by atoms with Crippen molar-refractivity contribution in [2.75, 3.05) is 20.6 Å². The summed E-state index contributed by atoms with van der Waals surface area (Å²) in [4.78, 5) is 2.23. The van der Waals surface area contributed by atoms with Crippen molar-refractivity contribution in [2.45, 2.75) is 12.8 Å². The van der Waals surface area contributed by atoms with E-state index in [1.165, 1.54) is 22.8 Å². The van der Waals surface area contributed by atoms with Gasteiger partial charge in [-0.05, 0) is 57.2 Å². The fraction of sp³-hybridized carbons (Fsp3) is 0.294. The van der Waals surface area contributed by atoms with Crippen molar-refractivity contribution < 1.29 is 4.42 Å². The molecule has 2 aromatic carbocycles. The van der Waals surface area contributed by atoms with Crippen LogP contribution >= 0.6 is 12.4 Å². The Kier molecular flexibility index (Phi) is 4.69. The Hall–Kier alpha value is -1.51. The molecule has 1 heterocycles. The van der Waals surface area contributed by atoms with Crippen LogP contribution in [0.25, 0.3) is 21.9 Å². The molecule has 0 saturated heterocycles. The van der Waals surface area contributed by atoms with Gasteiger partial charge in [-0.15, -0.1) is 12.4 Å². The predicted octanol–water partition coefficient (Wildman–Crippen LogP) is 4.50. The molecule has 0 radical (unpaired) electrons. The van der Waals surface area contributed by atoms with Crippen molar-refractivity contribution in [2.24, 2.45) is 0 Å². The maximum absolute atomic E-state index is 5.84. The lowest BCUT2D eigenvalue weighted by Crippen LogP contribution is -2.13. The summed E-state index contributed by atoms with van der Waals surface area (Å²) < 4.78 is 5.84. The fourth-order valence-electron chi connectivity index (χ4n) is 2.53. The first-order valence-corrected chi connectivity index (χ1v) is 6.79. The molecule has 0 N–H and O–H groups in total. The number of nitrogens with zero attached hydrogens (tertiary/aromatic N) is 1. The van der Waals surface area contributed by atoms with Crippen molar-refractivity contribution in [1.29, 1.82) is 0 Å². The second kappa shape index (κ2) is 6.29. The van der Waals surface area contributed by atoms with Crippen LogP contribution in [0.3, 0.4) is 0 Å². The van der Waals surface area contributed by atoms with Crippen LogP contribution in [0, 0.1) is 0 Å². The van der Waals surface area contributed by atoms with Gasteiger partial charge in [-0.1, -0.05) is 24.3 Å². The average Bonchev–Trinajstić information content (AvgIpc) is 2.76. The van der Waals surface area contributed by atoms with Crippen LogP contribution in [-0.2, 0) is 6.42 Å². The minimum atomic E-state index is 0. The normalized spacial score (nSPS) is 11.2. The Morgan fingerprint density at radius 1 is 0.950 bits per heavy atom. The number of hydrogen-bond donors (Lipinski definition) is 0. The molecule has 3 rings (SSSR count). The van der Waals surface area contributed by atoms with E-state index in [-0.39, 0.29) is 12.4 Å². The maximum atomic E-state index is 5.84. The molecule has 3 heteroatoms. The third-order valence-corrected chi connectivity index (χ3v) is 3.51. The largest absolute Gasteiger partial charge is 0.456 e. The van der Waals surface area contributed by atoms with Crippen molar-refractivity contribution in [3.63, 3.8) is 0 Å². The second-order valence-corrected chi connectivity index (χ2v) is 5.34. The first-order chi connectivity index (χ1) is 9.24. The fourth-order valence-corrected chi connectivity index (χ4v) is 2.53. The molecule has 106 valence electrons. The number of halogens is 1. The van der Waals surface area contributed by atoms with E-state index in [2.05, 4.69) is 49.3 Å². The Morgan fingerprint density at radius 3 is 2.50 bits per heavy atom. The van der Waals surface area contributed by atoms with Gasteiger partial charge in [0.1, 0.15) is 11.2 Å². The summed E-state index contributed by atoms with van der Waals surface area (Å²) in [7, 11) is 4.24. The quantitative estimate of drug-likeness (QED) is 0.703. The molecule has 0 aliphatic heterocycles. The Bertz CT molecular complexity index is 702. The van der Waals surface area contributed by atoms with Crippen molar-refractivity contribution in [3.8, 4) is 0 Å². The van der Waals surface area contributed by atoms with Crippen molar-refractivity contribution in [1.82, 2.24) is 4.90 Å². The molecular formula is C17H20ClNO. The third kappa shape index (κ3) is 2.97. The lowest BCUT2D eigenvalue weighted by Gasteiger charge is -2.08.